The maximum atomic E-state index is 11.1. The molecule has 4 saturated heterocycles. The maximum absolute atomic E-state index is 11.1. The molecule has 44 heavy (non-hydrogen) atoms. The molecule has 20 heteroatoms. The molecule has 4 heterocycles. The van der Waals surface area contributed by atoms with E-state index in [2.05, 4.69) is 0 Å². The maximum Gasteiger partial charge on any atom is 0.187 e. The van der Waals surface area contributed by atoms with E-state index < -0.39 is 143 Å². The molecule has 19 unspecified atom stereocenters. The van der Waals surface area contributed by atoms with E-state index in [4.69, 9.17) is 37.9 Å². The molecule has 0 spiro atoms. The highest BCUT2D eigenvalue weighted by atomic mass is 16.8. The summed E-state index contributed by atoms with van der Waals surface area (Å²) in [6.45, 7) is -2.98. The van der Waals surface area contributed by atoms with Crippen LogP contribution in [0.25, 0.3) is 0 Å². The fraction of sp³-hybridized carbons (Fsp3) is 1.00. The van der Waals surface area contributed by atoms with Crippen LogP contribution in [-0.2, 0) is 37.9 Å². The zero-order chi connectivity index (χ0) is 32.5. The molecular weight excluding hydrogens is 608 g/mol. The third-order valence-electron chi connectivity index (χ3n) is 8.03. The standard InChI is InChI=1S/C24H42O20/c1-37-21-17(36)14(33)18(9(4-27)41-21)42-24-20(44-23-16(35)13(32)11(30)7(2-25)39-23)19(12(31)8(3-26)40-24)43-22-15(34)10(29)6(28)5-38-22/h6-36H,2-5H2,1H3. The van der Waals surface area contributed by atoms with Crippen LogP contribution in [0.4, 0.5) is 0 Å². The smallest absolute Gasteiger partial charge is 0.187 e. The van der Waals surface area contributed by atoms with Crippen LogP contribution in [0.2, 0.25) is 0 Å². The Morgan fingerprint density at radius 1 is 0.477 bits per heavy atom. The van der Waals surface area contributed by atoms with E-state index >= 15 is 0 Å². The largest absolute Gasteiger partial charge is 0.394 e. The quantitative estimate of drug-likeness (QED) is 0.104. The van der Waals surface area contributed by atoms with E-state index in [1.807, 2.05) is 0 Å². The zero-order valence-corrected chi connectivity index (χ0v) is 23.4. The highest BCUT2D eigenvalue weighted by molar-refractivity contribution is 4.98. The van der Waals surface area contributed by atoms with Crippen molar-refractivity contribution >= 4 is 0 Å². The second kappa shape index (κ2) is 15.4. The van der Waals surface area contributed by atoms with Gasteiger partial charge in [0.25, 0.3) is 0 Å². The van der Waals surface area contributed by atoms with Gasteiger partial charge < -0.3 is 99.2 Å². The fourth-order valence-corrected chi connectivity index (χ4v) is 5.41. The van der Waals surface area contributed by atoms with E-state index in [-0.39, 0.29) is 0 Å². The van der Waals surface area contributed by atoms with Gasteiger partial charge in [-0.2, -0.15) is 0 Å². The summed E-state index contributed by atoms with van der Waals surface area (Å²) in [6.07, 6.45) is -32.4. The Bertz CT molecular complexity index is 883. The lowest BCUT2D eigenvalue weighted by Crippen LogP contribution is -2.68. The summed E-state index contributed by atoms with van der Waals surface area (Å²) >= 11 is 0. The lowest BCUT2D eigenvalue weighted by molar-refractivity contribution is -0.402. The second-order valence-electron chi connectivity index (χ2n) is 10.9. The molecule has 19 atom stereocenters. The summed E-state index contributed by atoms with van der Waals surface area (Å²) in [4.78, 5) is 0. The van der Waals surface area contributed by atoms with Crippen LogP contribution >= 0.6 is 0 Å². The van der Waals surface area contributed by atoms with Gasteiger partial charge in [0.1, 0.15) is 91.6 Å². The summed E-state index contributed by atoms with van der Waals surface area (Å²) in [5, 5.41) is 123. The average molecular weight is 651 g/mol. The number of rotatable bonds is 10. The van der Waals surface area contributed by atoms with E-state index in [0.29, 0.717) is 0 Å². The van der Waals surface area contributed by atoms with Crippen molar-refractivity contribution in [2.24, 2.45) is 0 Å². The van der Waals surface area contributed by atoms with Crippen molar-refractivity contribution in [3.63, 3.8) is 0 Å². The molecule has 4 aliphatic heterocycles. The van der Waals surface area contributed by atoms with Gasteiger partial charge in [-0.15, -0.1) is 0 Å². The first-order valence-corrected chi connectivity index (χ1v) is 13.9. The Morgan fingerprint density at radius 2 is 0.977 bits per heavy atom. The summed E-state index contributed by atoms with van der Waals surface area (Å²) in [5.74, 6) is 0. The minimum Gasteiger partial charge on any atom is -0.394 e. The first kappa shape index (κ1) is 36.0. The molecule has 0 bridgehead atoms. The molecule has 4 rings (SSSR count). The molecule has 4 aliphatic rings. The normalized spacial score (nSPS) is 52.2. The van der Waals surface area contributed by atoms with Gasteiger partial charge in [-0.1, -0.05) is 0 Å². The molecule has 0 aromatic carbocycles. The first-order chi connectivity index (χ1) is 20.9. The van der Waals surface area contributed by atoms with Crippen molar-refractivity contribution in [1.29, 1.82) is 0 Å². The topological polar surface area (TPSA) is 317 Å². The Balaban J connectivity index is 1.68. The lowest BCUT2D eigenvalue weighted by atomic mass is 9.95. The highest BCUT2D eigenvalue weighted by Gasteiger charge is 2.56. The molecule has 12 N–H and O–H groups in total. The molecule has 0 aromatic rings. The summed E-state index contributed by atoms with van der Waals surface area (Å²) in [7, 11) is 1.18. The average Bonchev–Trinajstić information content (AvgIpc) is 3.02. The molecule has 20 nitrogen and oxygen atoms in total. The third kappa shape index (κ3) is 7.19. The van der Waals surface area contributed by atoms with E-state index in [1.54, 1.807) is 0 Å². The van der Waals surface area contributed by atoms with Crippen LogP contribution < -0.4 is 0 Å². The van der Waals surface area contributed by atoms with Gasteiger partial charge in [-0.25, -0.2) is 0 Å². The number of aliphatic hydroxyl groups is 12. The molecule has 258 valence electrons. The predicted octanol–water partition coefficient (Wildman–Crippen LogP) is -8.46. The number of ether oxygens (including phenoxy) is 8. The van der Waals surface area contributed by atoms with E-state index in [9.17, 15) is 61.3 Å². The Labute approximate surface area is 250 Å². The minimum absolute atomic E-state index is 0.508. The van der Waals surface area contributed by atoms with Gasteiger partial charge >= 0.3 is 0 Å². The van der Waals surface area contributed by atoms with Crippen LogP contribution in [0.15, 0.2) is 0 Å². The first-order valence-electron chi connectivity index (χ1n) is 13.9. The van der Waals surface area contributed by atoms with Crippen molar-refractivity contribution in [3.05, 3.63) is 0 Å². The predicted molar refractivity (Wildman–Crippen MR) is 133 cm³/mol. The van der Waals surface area contributed by atoms with Crippen molar-refractivity contribution in [2.45, 2.75) is 117 Å². The van der Waals surface area contributed by atoms with Crippen molar-refractivity contribution in [2.75, 3.05) is 33.5 Å². The molecule has 0 radical (unpaired) electrons. The van der Waals surface area contributed by atoms with E-state index in [1.165, 1.54) is 7.11 Å². The SMILES string of the molecule is COC1OC(CO)C(OC2OC(CO)C(O)C(OC3OCC(O)C(O)C3O)C2OC2OC(CO)C(O)C(O)C2O)C(O)C1O. The minimum atomic E-state index is -1.98. The number of aliphatic hydroxyl groups excluding tert-OH is 12. The Kier molecular flexibility index (Phi) is 12.6. The summed E-state index contributed by atoms with van der Waals surface area (Å²) < 4.78 is 44.2. The molecule has 0 aliphatic carbocycles. The van der Waals surface area contributed by atoms with E-state index in [0.717, 1.165) is 0 Å². The molecule has 0 aromatic heterocycles. The van der Waals surface area contributed by atoms with Gasteiger partial charge in [-0.3, -0.25) is 0 Å². The molecular formula is C24H42O20. The molecule has 0 saturated carbocycles. The lowest BCUT2D eigenvalue weighted by Gasteiger charge is -2.50. The van der Waals surface area contributed by atoms with Gasteiger partial charge in [0.05, 0.1) is 26.4 Å². The monoisotopic (exact) mass is 650 g/mol. The Hall–Kier alpha value is -0.800. The van der Waals surface area contributed by atoms with Gasteiger partial charge in [0.2, 0.25) is 0 Å². The van der Waals surface area contributed by atoms with Crippen molar-refractivity contribution in [1.82, 2.24) is 0 Å². The number of hydrogen-bond donors (Lipinski definition) is 12. The van der Waals surface area contributed by atoms with Crippen molar-refractivity contribution in [3.8, 4) is 0 Å². The number of hydrogen-bond acceptors (Lipinski definition) is 20. The van der Waals surface area contributed by atoms with Gasteiger partial charge in [-0.05, 0) is 0 Å². The van der Waals surface area contributed by atoms with Crippen molar-refractivity contribution < 1.29 is 99.2 Å². The third-order valence-corrected chi connectivity index (χ3v) is 8.03. The summed E-state index contributed by atoms with van der Waals surface area (Å²) in [6, 6.07) is 0. The second-order valence-corrected chi connectivity index (χ2v) is 10.9. The van der Waals surface area contributed by atoms with Crippen LogP contribution in [-0.4, -0.2) is 212 Å². The molecule has 4 fully saturated rings. The van der Waals surface area contributed by atoms with Crippen LogP contribution in [0.3, 0.4) is 0 Å². The van der Waals surface area contributed by atoms with Crippen LogP contribution in [0, 0.1) is 0 Å². The van der Waals surface area contributed by atoms with Crippen LogP contribution in [0.5, 0.6) is 0 Å². The van der Waals surface area contributed by atoms with Gasteiger partial charge in [0, 0.05) is 7.11 Å². The summed E-state index contributed by atoms with van der Waals surface area (Å²) in [5.41, 5.74) is 0. The zero-order valence-electron chi connectivity index (χ0n) is 23.4. The van der Waals surface area contributed by atoms with Crippen LogP contribution in [0.1, 0.15) is 0 Å². The Morgan fingerprint density at radius 3 is 1.59 bits per heavy atom. The fourth-order valence-electron chi connectivity index (χ4n) is 5.41. The molecule has 0 amide bonds. The number of methoxy groups -OCH3 is 1. The highest BCUT2D eigenvalue weighted by Crippen LogP contribution is 2.35. The van der Waals surface area contributed by atoms with Gasteiger partial charge in [0.15, 0.2) is 25.2 Å².